The molecule has 1 amide bonds. The van der Waals surface area contributed by atoms with E-state index in [1.165, 1.54) is 26.0 Å². The molecule has 0 aromatic heterocycles. The molecule has 2 saturated carbocycles. The minimum Gasteiger partial charge on any atom is -0.456 e. The summed E-state index contributed by atoms with van der Waals surface area (Å²) in [6, 6.07) is 21.8. The van der Waals surface area contributed by atoms with Gasteiger partial charge in [0, 0.05) is 41.6 Å². The second-order valence-electron chi connectivity index (χ2n) is 17.6. The Morgan fingerprint density at radius 3 is 2.00 bits per heavy atom. The van der Waals surface area contributed by atoms with E-state index in [-0.39, 0.29) is 35.3 Å². The van der Waals surface area contributed by atoms with Crippen LogP contribution in [0.3, 0.4) is 0 Å². The number of fused-ring (bicyclic) bond motifs is 5. The van der Waals surface area contributed by atoms with Crippen molar-refractivity contribution in [1.29, 1.82) is 0 Å². The van der Waals surface area contributed by atoms with Crippen molar-refractivity contribution in [2.45, 2.75) is 108 Å². The van der Waals surface area contributed by atoms with Crippen LogP contribution in [-0.4, -0.2) is 100 Å². The van der Waals surface area contributed by atoms with Crippen molar-refractivity contribution in [2.24, 2.45) is 21.9 Å². The zero-order valence-electron chi connectivity index (χ0n) is 36.1. The van der Waals surface area contributed by atoms with Crippen LogP contribution in [0, 0.1) is 16.7 Å². The van der Waals surface area contributed by atoms with Gasteiger partial charge in [0.05, 0.1) is 30.2 Å². The van der Waals surface area contributed by atoms with Crippen LogP contribution in [0.15, 0.2) is 107 Å². The molecule has 64 heavy (non-hydrogen) atoms. The van der Waals surface area contributed by atoms with Crippen molar-refractivity contribution < 1.29 is 62.7 Å². The lowest BCUT2D eigenvalue weighted by Crippen LogP contribution is -2.81. The van der Waals surface area contributed by atoms with Gasteiger partial charge in [0.1, 0.15) is 23.9 Å². The summed E-state index contributed by atoms with van der Waals surface area (Å²) in [6.07, 6.45) is -9.13. The highest BCUT2D eigenvalue weighted by Crippen LogP contribution is 2.65. The van der Waals surface area contributed by atoms with Crippen molar-refractivity contribution in [3.8, 4) is 0 Å². The van der Waals surface area contributed by atoms with Crippen molar-refractivity contribution in [1.82, 2.24) is 5.32 Å². The zero-order valence-corrected chi connectivity index (χ0v) is 36.1. The van der Waals surface area contributed by atoms with Gasteiger partial charge in [-0.25, -0.2) is 9.59 Å². The lowest BCUT2D eigenvalue weighted by molar-refractivity contribution is -0.336. The predicted octanol–water partition coefficient (Wildman–Crippen LogP) is 5.05. The second-order valence-corrected chi connectivity index (χ2v) is 17.6. The molecular weight excluding hydrogens is 829 g/mol. The summed E-state index contributed by atoms with van der Waals surface area (Å²) in [5, 5.41) is 32.2. The Bertz CT molecular complexity index is 2420. The summed E-state index contributed by atoms with van der Waals surface area (Å²) >= 11 is 0. The lowest BCUT2D eigenvalue weighted by Gasteiger charge is -2.67. The minimum atomic E-state index is -2.38. The highest BCUT2D eigenvalue weighted by molar-refractivity contribution is 5.96. The number of hydrogen-bond donors (Lipinski definition) is 3. The SMILES string of the molecule is CC(=O)O[C@H]1C(=O)[C@]2(C)C[C@@H](N=[N+]=[N-])[C@H]3OC[C@@]3(OC(C)=O)C2C(OC(=O)c2ccccc2)[C@]2(O)C[C@H](OC(=O)[C@H](O)[C@@H](NC(=O)c3ccccc3)c3ccccc3)C(C)=C1C2(C)C. The molecule has 2 bridgehead atoms. The van der Waals surface area contributed by atoms with E-state index in [0.29, 0.717) is 5.56 Å². The maximum absolute atomic E-state index is 15.6. The number of nitrogens with one attached hydrogen (secondary N) is 1. The number of azide groups is 1. The summed E-state index contributed by atoms with van der Waals surface area (Å²) in [5.41, 5.74) is 2.77. The van der Waals surface area contributed by atoms with Crippen LogP contribution in [0.4, 0.5) is 0 Å². The van der Waals surface area contributed by atoms with Gasteiger partial charge in [-0.1, -0.05) is 92.6 Å². The third kappa shape index (κ3) is 7.72. The van der Waals surface area contributed by atoms with Gasteiger partial charge >= 0.3 is 23.9 Å². The van der Waals surface area contributed by atoms with E-state index in [1.54, 1.807) is 92.7 Å². The number of benzene rings is 3. The summed E-state index contributed by atoms with van der Waals surface area (Å²) in [7, 11) is 0. The molecule has 1 heterocycles. The molecule has 3 aromatic rings. The highest BCUT2D eigenvalue weighted by Gasteiger charge is 2.78. The molecule has 1 aliphatic heterocycles. The molecule has 3 aromatic carbocycles. The first-order chi connectivity index (χ1) is 30.3. The van der Waals surface area contributed by atoms with Gasteiger partial charge < -0.3 is 39.2 Å². The van der Waals surface area contributed by atoms with Gasteiger partial charge in [-0.05, 0) is 59.9 Å². The molecule has 0 spiro atoms. The van der Waals surface area contributed by atoms with E-state index in [1.807, 2.05) is 0 Å². The first-order valence-corrected chi connectivity index (χ1v) is 20.9. The number of Topliss-reactive ketones (excluding diaryl/α,β-unsaturated/α-hetero) is 1. The molecule has 17 nitrogen and oxygen atoms in total. The molecule has 3 fully saturated rings. The van der Waals surface area contributed by atoms with E-state index in [2.05, 4.69) is 15.3 Å². The highest BCUT2D eigenvalue weighted by atomic mass is 16.6. The number of aliphatic hydroxyl groups excluding tert-OH is 1. The zero-order chi connectivity index (χ0) is 46.4. The standard InChI is InChI=1S/C47H50N4O13/c1-25-32(62-43(58)35(54)34(28-16-10-7-11-17-28)49-41(56)29-18-12-8-13-19-29)23-47(59)40(63-42(57)30-20-14-9-15-21-30)37-45(6,38(55)36(61-26(2)52)33(25)44(47,4)5)22-31(50-51-48)39-46(37,24-60-39)64-27(3)53/h7-21,31-32,34-37,39-40,54,59H,22-24H2,1-6H3,(H,49,56)/t31-,32+,34+,35-,36-,37?,39-,40?,45-,46-,47-/m1/s1. The smallest absolute Gasteiger partial charge is 0.338 e. The van der Waals surface area contributed by atoms with Crippen LogP contribution >= 0.6 is 0 Å². The Labute approximate surface area is 368 Å². The molecule has 0 radical (unpaired) electrons. The molecule has 11 atom stereocenters. The third-order valence-electron chi connectivity index (χ3n) is 13.5. The van der Waals surface area contributed by atoms with Crippen molar-refractivity contribution in [2.75, 3.05) is 6.61 Å². The number of ketones is 1. The normalized spacial score (nSPS) is 31.0. The second kappa shape index (κ2) is 17.3. The topological polar surface area (TPSA) is 250 Å². The van der Waals surface area contributed by atoms with Crippen LogP contribution in [-0.2, 0) is 42.9 Å². The molecule has 4 aliphatic rings. The number of carbonyl (C=O) groups excluding carboxylic acids is 6. The Balaban J connectivity index is 1.40. The summed E-state index contributed by atoms with van der Waals surface area (Å²) < 4.78 is 30.5. The monoisotopic (exact) mass is 878 g/mol. The Morgan fingerprint density at radius 1 is 0.859 bits per heavy atom. The Morgan fingerprint density at radius 2 is 1.45 bits per heavy atom. The molecule has 1 saturated heterocycles. The molecular formula is C47H50N4O13. The fourth-order valence-corrected chi connectivity index (χ4v) is 10.5. The maximum atomic E-state index is 15.6. The average Bonchev–Trinajstić information content (AvgIpc) is 3.25. The van der Waals surface area contributed by atoms with Crippen molar-refractivity contribution >= 4 is 35.6 Å². The largest absolute Gasteiger partial charge is 0.456 e. The van der Waals surface area contributed by atoms with Crippen LogP contribution in [0.5, 0.6) is 0 Å². The average molecular weight is 879 g/mol. The summed E-state index contributed by atoms with van der Waals surface area (Å²) in [6.45, 7) is 8.01. The number of amides is 1. The number of aliphatic hydroxyl groups is 2. The van der Waals surface area contributed by atoms with Crippen LogP contribution < -0.4 is 5.32 Å². The molecule has 3 N–H and O–H groups in total. The molecule has 17 heteroatoms. The predicted molar refractivity (Wildman–Crippen MR) is 225 cm³/mol. The van der Waals surface area contributed by atoms with E-state index >= 15 is 4.79 Å². The number of carbonyl (C=O) groups is 6. The Kier molecular flexibility index (Phi) is 12.3. The van der Waals surface area contributed by atoms with Crippen molar-refractivity contribution in [3.63, 3.8) is 0 Å². The number of nitrogens with zero attached hydrogens (tertiary/aromatic N) is 3. The van der Waals surface area contributed by atoms with E-state index in [0.717, 1.165) is 13.8 Å². The molecule has 2 unspecified atom stereocenters. The summed E-state index contributed by atoms with van der Waals surface area (Å²) in [5.74, 6) is -6.72. The number of rotatable bonds is 11. The minimum absolute atomic E-state index is 0.0139. The van der Waals surface area contributed by atoms with Crippen LogP contribution in [0.2, 0.25) is 0 Å². The maximum Gasteiger partial charge on any atom is 0.338 e. The number of esters is 4. The van der Waals surface area contributed by atoms with Gasteiger partial charge in [0.2, 0.25) is 0 Å². The quantitative estimate of drug-likeness (QED) is 0.0570. The lowest BCUT2D eigenvalue weighted by atomic mass is 9.44. The first-order valence-electron chi connectivity index (χ1n) is 20.9. The van der Waals surface area contributed by atoms with E-state index in [4.69, 9.17) is 23.7 Å². The first kappa shape index (κ1) is 45.6. The van der Waals surface area contributed by atoms with Gasteiger partial charge in [0.25, 0.3) is 5.91 Å². The van der Waals surface area contributed by atoms with Crippen LogP contribution in [0.25, 0.3) is 10.4 Å². The van der Waals surface area contributed by atoms with Gasteiger partial charge in [0.15, 0.2) is 23.6 Å². The number of hydrogen-bond acceptors (Lipinski definition) is 14. The Hall–Kier alpha value is -6.39. The van der Waals surface area contributed by atoms with Gasteiger partial charge in [-0.3, -0.25) is 19.2 Å². The third-order valence-corrected chi connectivity index (χ3v) is 13.5. The van der Waals surface area contributed by atoms with Crippen molar-refractivity contribution in [3.05, 3.63) is 129 Å². The molecule has 336 valence electrons. The van der Waals surface area contributed by atoms with Gasteiger partial charge in [-0.2, -0.15) is 0 Å². The van der Waals surface area contributed by atoms with E-state index in [9.17, 15) is 39.7 Å². The van der Waals surface area contributed by atoms with Crippen LogP contribution in [0.1, 0.15) is 86.7 Å². The fourth-order valence-electron chi connectivity index (χ4n) is 10.5. The molecule has 7 rings (SSSR count). The van der Waals surface area contributed by atoms with E-state index < -0.39 is 113 Å². The van der Waals surface area contributed by atoms with Gasteiger partial charge in [-0.15, -0.1) is 0 Å². The molecule has 3 aliphatic carbocycles. The number of ether oxygens (including phenoxy) is 5. The summed E-state index contributed by atoms with van der Waals surface area (Å²) in [4.78, 5) is 87.0. The fraction of sp³-hybridized carbons (Fsp3) is 0.447.